The molecule has 1 amide bonds. The fraction of sp³-hybridized carbons (Fsp3) is 0.400. The molecule has 6 heteroatoms. The van der Waals surface area contributed by atoms with Crippen LogP contribution in [0.15, 0.2) is 18.3 Å². The molecule has 16 heavy (non-hydrogen) atoms. The number of rotatable bonds is 5. The number of pyridine rings is 1. The molecule has 0 radical (unpaired) electrons. The number of nitrogens with two attached hydrogens (primary N) is 1. The maximum absolute atomic E-state index is 11.6. The number of aromatic nitrogens is 1. The molecule has 1 heterocycles. The first kappa shape index (κ1) is 12.4. The normalized spacial score (nSPS) is 12.1. The maximum atomic E-state index is 11.6. The second kappa shape index (κ2) is 6.04. The largest absolute Gasteiger partial charge is 0.397 e. The molecule has 1 rings (SSSR count). The Balaban J connectivity index is 2.60. The van der Waals surface area contributed by atoms with Crippen LogP contribution in [0.2, 0.25) is 0 Å². The summed E-state index contributed by atoms with van der Waals surface area (Å²) in [4.78, 5) is 15.5. The first-order valence-electron chi connectivity index (χ1n) is 4.79. The summed E-state index contributed by atoms with van der Waals surface area (Å²) in [5.41, 5.74) is 6.19. The number of aliphatic hydroxyl groups is 1. The summed E-state index contributed by atoms with van der Waals surface area (Å²) in [6, 6.07) is 2.68. The molecule has 0 saturated heterocycles. The van der Waals surface area contributed by atoms with Crippen LogP contribution in [-0.4, -0.2) is 42.4 Å². The number of carbonyl (C=O) groups excluding carboxylic acids is 1. The lowest BCUT2D eigenvalue weighted by Gasteiger charge is -2.14. The van der Waals surface area contributed by atoms with E-state index in [0.29, 0.717) is 5.69 Å². The van der Waals surface area contributed by atoms with Crippen molar-refractivity contribution in [1.82, 2.24) is 10.3 Å². The topological polar surface area (TPSA) is 97.5 Å². The Bertz CT molecular complexity index is 340. The fourth-order valence-electron chi connectivity index (χ4n) is 1.14. The third-order valence-corrected chi connectivity index (χ3v) is 1.94. The number of methoxy groups -OCH3 is 1. The minimum Gasteiger partial charge on any atom is -0.397 e. The summed E-state index contributed by atoms with van der Waals surface area (Å²) in [5.74, 6) is -0.365. The first-order chi connectivity index (χ1) is 7.67. The van der Waals surface area contributed by atoms with Gasteiger partial charge in [-0.15, -0.1) is 0 Å². The van der Waals surface area contributed by atoms with Gasteiger partial charge in [0.1, 0.15) is 5.69 Å². The third-order valence-electron chi connectivity index (χ3n) is 1.94. The lowest BCUT2D eigenvalue weighted by molar-refractivity contribution is 0.0835. The van der Waals surface area contributed by atoms with Gasteiger partial charge in [0, 0.05) is 7.11 Å². The van der Waals surface area contributed by atoms with Gasteiger partial charge in [0.05, 0.1) is 31.1 Å². The van der Waals surface area contributed by atoms with Gasteiger partial charge in [-0.05, 0) is 12.1 Å². The molecular weight excluding hydrogens is 210 g/mol. The van der Waals surface area contributed by atoms with Crippen molar-refractivity contribution in [2.75, 3.05) is 26.1 Å². The number of aliphatic hydroxyl groups excluding tert-OH is 1. The minimum absolute atomic E-state index is 0.186. The molecule has 0 aliphatic heterocycles. The van der Waals surface area contributed by atoms with Gasteiger partial charge in [-0.1, -0.05) is 0 Å². The Morgan fingerprint density at radius 1 is 1.69 bits per heavy atom. The minimum atomic E-state index is -0.433. The van der Waals surface area contributed by atoms with Crippen molar-refractivity contribution in [2.24, 2.45) is 0 Å². The Hall–Kier alpha value is -1.66. The van der Waals surface area contributed by atoms with Crippen LogP contribution in [0.4, 0.5) is 5.69 Å². The van der Waals surface area contributed by atoms with E-state index in [2.05, 4.69) is 10.3 Å². The molecule has 0 aromatic carbocycles. The van der Waals surface area contributed by atoms with Gasteiger partial charge in [-0.25, -0.2) is 4.98 Å². The molecule has 0 saturated carbocycles. The van der Waals surface area contributed by atoms with Gasteiger partial charge in [0.25, 0.3) is 5.91 Å². The molecule has 1 atom stereocenters. The zero-order chi connectivity index (χ0) is 12.0. The van der Waals surface area contributed by atoms with E-state index in [4.69, 9.17) is 15.6 Å². The standard InChI is InChI=1S/C10H15N3O3/c1-16-6-8(5-14)13-10(15)9-3-2-7(11)4-12-9/h2-4,8,14H,5-6,11H2,1H3,(H,13,15). The molecule has 1 unspecified atom stereocenters. The van der Waals surface area contributed by atoms with Crippen LogP contribution in [0.25, 0.3) is 0 Å². The molecule has 0 aliphatic rings. The molecule has 0 bridgehead atoms. The molecular formula is C10H15N3O3. The van der Waals surface area contributed by atoms with Crippen molar-refractivity contribution in [1.29, 1.82) is 0 Å². The highest BCUT2D eigenvalue weighted by molar-refractivity contribution is 5.92. The second-order valence-electron chi connectivity index (χ2n) is 3.29. The van der Waals surface area contributed by atoms with Crippen molar-refractivity contribution in [2.45, 2.75) is 6.04 Å². The van der Waals surface area contributed by atoms with E-state index in [0.717, 1.165) is 0 Å². The SMILES string of the molecule is COCC(CO)NC(=O)c1ccc(N)cn1. The fourth-order valence-corrected chi connectivity index (χ4v) is 1.14. The number of nitrogens with zero attached hydrogens (tertiary/aromatic N) is 1. The van der Waals surface area contributed by atoms with E-state index in [1.54, 1.807) is 6.07 Å². The molecule has 1 aromatic rings. The third kappa shape index (κ3) is 3.48. The summed E-state index contributed by atoms with van der Waals surface area (Å²) in [6.07, 6.45) is 1.40. The molecule has 6 nitrogen and oxygen atoms in total. The number of hydrogen-bond donors (Lipinski definition) is 3. The van der Waals surface area contributed by atoms with E-state index in [-0.39, 0.29) is 24.8 Å². The average Bonchev–Trinajstić information content (AvgIpc) is 2.29. The number of anilines is 1. The van der Waals surface area contributed by atoms with Gasteiger partial charge >= 0.3 is 0 Å². The van der Waals surface area contributed by atoms with E-state index < -0.39 is 6.04 Å². The summed E-state index contributed by atoms with van der Waals surface area (Å²) < 4.78 is 4.84. The lowest BCUT2D eigenvalue weighted by atomic mass is 10.3. The number of carbonyl (C=O) groups is 1. The number of nitrogens with one attached hydrogen (secondary N) is 1. The molecule has 1 aromatic heterocycles. The average molecular weight is 225 g/mol. The lowest BCUT2D eigenvalue weighted by Crippen LogP contribution is -2.40. The van der Waals surface area contributed by atoms with Crippen LogP contribution >= 0.6 is 0 Å². The summed E-state index contributed by atoms with van der Waals surface area (Å²) >= 11 is 0. The molecule has 0 spiro atoms. The van der Waals surface area contributed by atoms with E-state index >= 15 is 0 Å². The van der Waals surface area contributed by atoms with Crippen LogP contribution in [0.5, 0.6) is 0 Å². The Labute approximate surface area is 93.4 Å². The summed E-state index contributed by atoms with van der Waals surface area (Å²) in [7, 11) is 1.50. The molecule has 0 aliphatic carbocycles. The van der Waals surface area contributed by atoms with Crippen molar-refractivity contribution in [3.05, 3.63) is 24.0 Å². The van der Waals surface area contributed by atoms with Crippen molar-refractivity contribution in [3.8, 4) is 0 Å². The Morgan fingerprint density at radius 2 is 2.44 bits per heavy atom. The predicted octanol–water partition coefficient (Wildman–Crippen LogP) is -0.599. The number of nitrogen functional groups attached to an aromatic ring is 1. The van der Waals surface area contributed by atoms with Crippen LogP contribution in [0.1, 0.15) is 10.5 Å². The van der Waals surface area contributed by atoms with Crippen LogP contribution in [0, 0.1) is 0 Å². The Kier molecular flexibility index (Phi) is 4.68. The van der Waals surface area contributed by atoms with Crippen molar-refractivity contribution >= 4 is 11.6 Å². The smallest absolute Gasteiger partial charge is 0.270 e. The van der Waals surface area contributed by atoms with Crippen molar-refractivity contribution in [3.63, 3.8) is 0 Å². The monoisotopic (exact) mass is 225 g/mol. The number of amides is 1. The van der Waals surface area contributed by atoms with Gasteiger partial charge in [0.15, 0.2) is 0 Å². The second-order valence-corrected chi connectivity index (χ2v) is 3.29. The Morgan fingerprint density at radius 3 is 2.94 bits per heavy atom. The molecule has 88 valence electrons. The van der Waals surface area contributed by atoms with Crippen LogP contribution in [0.3, 0.4) is 0 Å². The molecule has 4 N–H and O–H groups in total. The predicted molar refractivity (Wildman–Crippen MR) is 58.9 cm³/mol. The summed E-state index contributed by atoms with van der Waals surface area (Å²) in [5, 5.41) is 11.5. The van der Waals surface area contributed by atoms with Crippen LogP contribution < -0.4 is 11.1 Å². The van der Waals surface area contributed by atoms with E-state index in [9.17, 15) is 4.79 Å². The zero-order valence-electron chi connectivity index (χ0n) is 9.01. The highest BCUT2D eigenvalue weighted by atomic mass is 16.5. The van der Waals surface area contributed by atoms with Gasteiger partial charge < -0.3 is 20.9 Å². The highest BCUT2D eigenvalue weighted by Crippen LogP contribution is 2.01. The summed E-state index contributed by atoms with van der Waals surface area (Å²) in [6.45, 7) is 0.0613. The van der Waals surface area contributed by atoms with E-state index in [1.807, 2.05) is 0 Å². The van der Waals surface area contributed by atoms with Gasteiger partial charge in [-0.2, -0.15) is 0 Å². The first-order valence-corrected chi connectivity index (χ1v) is 4.79. The van der Waals surface area contributed by atoms with Crippen molar-refractivity contribution < 1.29 is 14.6 Å². The zero-order valence-corrected chi connectivity index (χ0v) is 9.01. The van der Waals surface area contributed by atoms with Gasteiger partial charge in [0.2, 0.25) is 0 Å². The van der Waals surface area contributed by atoms with Crippen LogP contribution in [-0.2, 0) is 4.74 Å². The highest BCUT2D eigenvalue weighted by Gasteiger charge is 2.13. The van der Waals surface area contributed by atoms with E-state index in [1.165, 1.54) is 19.4 Å². The maximum Gasteiger partial charge on any atom is 0.270 e. The van der Waals surface area contributed by atoms with Gasteiger partial charge in [-0.3, -0.25) is 4.79 Å². The quantitative estimate of drug-likeness (QED) is 0.621. The number of ether oxygens (including phenoxy) is 1. The molecule has 0 fully saturated rings. The number of hydrogen-bond acceptors (Lipinski definition) is 5.